The lowest BCUT2D eigenvalue weighted by molar-refractivity contribution is -0.424. The summed E-state index contributed by atoms with van der Waals surface area (Å²) >= 11 is 0. The van der Waals surface area contributed by atoms with Gasteiger partial charge >= 0.3 is 6.18 Å². The summed E-state index contributed by atoms with van der Waals surface area (Å²) in [5.74, 6) is -4.59. The Morgan fingerprint density at radius 3 is 2.41 bits per heavy atom. The lowest BCUT2D eigenvalue weighted by Crippen LogP contribution is -2.70. The van der Waals surface area contributed by atoms with E-state index < -0.39 is 35.4 Å². The van der Waals surface area contributed by atoms with Crippen LogP contribution in [-0.2, 0) is 6.18 Å². The van der Waals surface area contributed by atoms with Crippen LogP contribution in [0, 0.1) is 17.5 Å². The Morgan fingerprint density at radius 1 is 1.00 bits per heavy atom. The Hall–Kier alpha value is -2.89. The van der Waals surface area contributed by atoms with Crippen LogP contribution in [0.15, 0.2) is 24.3 Å². The third-order valence-corrected chi connectivity index (χ3v) is 4.94. The summed E-state index contributed by atoms with van der Waals surface area (Å²) in [7, 11) is 0. The van der Waals surface area contributed by atoms with E-state index in [-0.39, 0.29) is 17.3 Å². The number of fused-ring (bicyclic) bond motifs is 1. The molecule has 0 unspecified atom stereocenters. The summed E-state index contributed by atoms with van der Waals surface area (Å²) in [5.41, 5.74) is 3.99. The lowest BCUT2D eigenvalue weighted by atomic mass is 9.85. The monoisotopic (exact) mass is 417 g/mol. The summed E-state index contributed by atoms with van der Waals surface area (Å²) in [5, 5.41) is 7.42. The van der Waals surface area contributed by atoms with E-state index in [1.807, 2.05) is 0 Å². The number of benzene rings is 1. The van der Waals surface area contributed by atoms with Gasteiger partial charge in [-0.1, -0.05) is 0 Å². The van der Waals surface area contributed by atoms with E-state index in [0.29, 0.717) is 31.4 Å². The number of quaternary nitrogens is 1. The van der Waals surface area contributed by atoms with Gasteiger partial charge in [0.15, 0.2) is 23.1 Å². The molecule has 0 saturated carbocycles. The van der Waals surface area contributed by atoms with Gasteiger partial charge in [-0.2, -0.15) is 13.2 Å². The smallest absolute Gasteiger partial charge is 0.353 e. The van der Waals surface area contributed by atoms with Gasteiger partial charge in [-0.25, -0.2) is 18.2 Å². The number of piperidine rings is 1. The summed E-state index contributed by atoms with van der Waals surface area (Å²) < 4.78 is 79.9. The Morgan fingerprint density at radius 2 is 1.72 bits per heavy atom. The van der Waals surface area contributed by atoms with Crippen molar-refractivity contribution in [2.45, 2.75) is 24.6 Å². The molecular weight excluding hydrogens is 402 g/mol. The standard InChI is InChI=1S/C17H14F6N6/c18-10-6-12(20)11(19)5-9(10)8-3-4-28(7-13(8)24)15-2-1-14-25-16(17(21,22)23)27-29(14)26-15/h1-2,5-6,8,13H,3-4,7,24H2/p+1/t8-,13+/m1/s1. The Labute approximate surface area is 159 Å². The van der Waals surface area contributed by atoms with Crippen LogP contribution < -0.4 is 10.6 Å². The molecule has 1 fully saturated rings. The van der Waals surface area contributed by atoms with Crippen molar-refractivity contribution in [2.75, 3.05) is 18.0 Å². The SMILES string of the molecule is [NH3+][C@H]1CN(c2ccc3nc(C(F)(F)F)nn3n2)CC[C@@H]1c1cc(F)c(F)cc1F. The molecule has 2 atom stereocenters. The molecular formula is C17H15F6N6+. The minimum atomic E-state index is -4.68. The molecule has 1 aliphatic heterocycles. The van der Waals surface area contributed by atoms with Crippen LogP contribution in [0.1, 0.15) is 23.7 Å². The summed E-state index contributed by atoms with van der Waals surface area (Å²) in [6.45, 7) is 0.664. The van der Waals surface area contributed by atoms with Gasteiger partial charge in [-0.3, -0.25) is 0 Å². The molecule has 154 valence electrons. The predicted octanol–water partition coefficient (Wildman–Crippen LogP) is 2.16. The van der Waals surface area contributed by atoms with Crippen molar-refractivity contribution in [1.29, 1.82) is 0 Å². The van der Waals surface area contributed by atoms with E-state index >= 15 is 0 Å². The first-order valence-electron chi connectivity index (χ1n) is 8.67. The van der Waals surface area contributed by atoms with E-state index in [1.54, 1.807) is 4.90 Å². The molecule has 4 rings (SSSR count). The van der Waals surface area contributed by atoms with Crippen LogP contribution in [0.25, 0.3) is 5.65 Å². The second kappa shape index (κ2) is 6.87. The first-order valence-corrected chi connectivity index (χ1v) is 8.67. The summed E-state index contributed by atoms with van der Waals surface area (Å²) in [6.07, 6.45) is -4.31. The summed E-state index contributed by atoms with van der Waals surface area (Å²) in [6, 6.07) is 3.85. The highest BCUT2D eigenvalue weighted by Gasteiger charge is 2.37. The number of nitrogens with zero attached hydrogens (tertiary/aromatic N) is 5. The Bertz CT molecular complexity index is 1060. The van der Waals surface area contributed by atoms with Crippen LogP contribution in [-0.4, -0.2) is 38.9 Å². The zero-order valence-corrected chi connectivity index (χ0v) is 14.8. The van der Waals surface area contributed by atoms with Crippen molar-refractivity contribution in [1.82, 2.24) is 19.8 Å². The fraction of sp³-hybridized carbons (Fsp3) is 0.353. The Kier molecular flexibility index (Phi) is 4.60. The minimum absolute atomic E-state index is 0.0500. The van der Waals surface area contributed by atoms with Crippen LogP contribution >= 0.6 is 0 Å². The molecule has 0 bridgehead atoms. The molecule has 3 heterocycles. The quantitative estimate of drug-likeness (QED) is 0.513. The average Bonchev–Trinajstić information content (AvgIpc) is 3.09. The highest BCUT2D eigenvalue weighted by atomic mass is 19.4. The lowest BCUT2D eigenvalue weighted by Gasteiger charge is -2.35. The van der Waals surface area contributed by atoms with E-state index in [9.17, 15) is 26.3 Å². The normalized spacial score (nSPS) is 20.4. The van der Waals surface area contributed by atoms with Crippen LogP contribution in [0.4, 0.5) is 32.2 Å². The molecule has 0 spiro atoms. The van der Waals surface area contributed by atoms with E-state index in [0.717, 1.165) is 10.7 Å². The number of hydrogen-bond donors (Lipinski definition) is 1. The van der Waals surface area contributed by atoms with E-state index in [4.69, 9.17) is 0 Å². The van der Waals surface area contributed by atoms with Crippen molar-refractivity contribution >= 4 is 11.5 Å². The van der Waals surface area contributed by atoms with Crippen LogP contribution in [0.5, 0.6) is 0 Å². The van der Waals surface area contributed by atoms with Gasteiger partial charge in [0.05, 0.1) is 6.54 Å². The molecule has 3 N–H and O–H groups in total. The molecule has 3 aromatic rings. The Balaban J connectivity index is 1.56. The predicted molar refractivity (Wildman–Crippen MR) is 88.3 cm³/mol. The molecule has 0 amide bonds. The van der Waals surface area contributed by atoms with Crippen molar-refractivity contribution in [3.8, 4) is 0 Å². The number of anilines is 1. The largest absolute Gasteiger partial charge is 0.453 e. The van der Waals surface area contributed by atoms with Crippen molar-refractivity contribution < 1.29 is 32.1 Å². The van der Waals surface area contributed by atoms with Crippen LogP contribution in [0.2, 0.25) is 0 Å². The number of rotatable bonds is 2. The zero-order valence-electron chi connectivity index (χ0n) is 14.8. The van der Waals surface area contributed by atoms with Gasteiger partial charge in [-0.05, 0) is 24.6 Å². The van der Waals surface area contributed by atoms with Gasteiger partial charge in [0.2, 0.25) is 0 Å². The van der Waals surface area contributed by atoms with Crippen molar-refractivity contribution in [2.24, 2.45) is 0 Å². The zero-order chi connectivity index (χ0) is 20.9. The topological polar surface area (TPSA) is 74.0 Å². The average molecular weight is 417 g/mol. The second-order valence-corrected chi connectivity index (χ2v) is 6.86. The fourth-order valence-corrected chi connectivity index (χ4v) is 3.53. The molecule has 0 aliphatic carbocycles. The number of alkyl halides is 3. The maximum atomic E-state index is 14.1. The first-order chi connectivity index (χ1) is 13.6. The van der Waals surface area contributed by atoms with E-state index in [1.165, 1.54) is 12.1 Å². The maximum Gasteiger partial charge on any atom is 0.453 e. The third kappa shape index (κ3) is 3.59. The molecule has 1 saturated heterocycles. The summed E-state index contributed by atoms with van der Waals surface area (Å²) in [4.78, 5) is 5.15. The second-order valence-electron chi connectivity index (χ2n) is 6.86. The molecule has 1 aliphatic rings. The van der Waals surface area contributed by atoms with Crippen LogP contribution in [0.3, 0.4) is 0 Å². The molecule has 29 heavy (non-hydrogen) atoms. The number of hydrogen-bond acceptors (Lipinski definition) is 4. The van der Waals surface area contributed by atoms with Gasteiger partial charge in [0.25, 0.3) is 5.82 Å². The highest BCUT2D eigenvalue weighted by Crippen LogP contribution is 2.32. The van der Waals surface area contributed by atoms with E-state index in [2.05, 4.69) is 20.9 Å². The molecule has 1 aromatic carbocycles. The fourth-order valence-electron chi connectivity index (χ4n) is 3.53. The molecule has 2 aromatic heterocycles. The minimum Gasteiger partial charge on any atom is -0.353 e. The van der Waals surface area contributed by atoms with Crippen molar-refractivity contribution in [3.05, 3.63) is 53.1 Å². The van der Waals surface area contributed by atoms with Gasteiger partial charge in [0, 0.05) is 24.1 Å². The number of aromatic nitrogens is 4. The van der Waals surface area contributed by atoms with Gasteiger partial charge < -0.3 is 10.6 Å². The third-order valence-electron chi connectivity index (χ3n) is 4.94. The highest BCUT2D eigenvalue weighted by molar-refractivity contribution is 5.46. The van der Waals surface area contributed by atoms with Gasteiger partial charge in [-0.15, -0.1) is 14.8 Å². The molecule has 6 nitrogen and oxygen atoms in total. The maximum absolute atomic E-state index is 14.1. The molecule has 12 heteroatoms. The number of halogens is 6. The van der Waals surface area contributed by atoms with Crippen molar-refractivity contribution in [3.63, 3.8) is 0 Å². The van der Waals surface area contributed by atoms with Gasteiger partial charge in [0.1, 0.15) is 11.9 Å². The first kappa shape index (κ1) is 19.4. The molecule has 0 radical (unpaired) electrons.